The van der Waals surface area contributed by atoms with Crippen LogP contribution in [0.5, 0.6) is 0 Å². The zero-order chi connectivity index (χ0) is 20.4. The van der Waals surface area contributed by atoms with Gasteiger partial charge in [-0.3, -0.25) is 19.2 Å². The van der Waals surface area contributed by atoms with E-state index in [0.717, 1.165) is 0 Å². The standard InChI is InChI=1S/C14H24N4O8/c1-6(17-13(24)8(15)3-4-10(20)21)11(22)16-7(2)12(23)18-9(5-19)14(25)26/h6-9,19H,3-5,15H2,1-2H3,(H,16,22)(H,17,24)(H,18,23)(H,20,21)(H,25,26). The van der Waals surface area contributed by atoms with E-state index in [1.54, 1.807) is 0 Å². The van der Waals surface area contributed by atoms with Gasteiger partial charge in [-0.2, -0.15) is 0 Å². The normalized spacial score (nSPS) is 15.1. The first-order valence-corrected chi connectivity index (χ1v) is 7.71. The summed E-state index contributed by atoms with van der Waals surface area (Å²) in [6.07, 6.45) is -0.409. The molecule has 4 atom stereocenters. The second-order valence-electron chi connectivity index (χ2n) is 5.58. The van der Waals surface area contributed by atoms with Crippen molar-refractivity contribution in [3.8, 4) is 0 Å². The Labute approximate surface area is 149 Å². The van der Waals surface area contributed by atoms with Gasteiger partial charge in [-0.05, 0) is 20.3 Å². The maximum atomic E-state index is 12.0. The van der Waals surface area contributed by atoms with Gasteiger partial charge in [0.15, 0.2) is 0 Å². The van der Waals surface area contributed by atoms with Crippen LogP contribution in [0.1, 0.15) is 26.7 Å². The van der Waals surface area contributed by atoms with Crippen LogP contribution >= 0.6 is 0 Å². The van der Waals surface area contributed by atoms with E-state index in [4.69, 9.17) is 21.1 Å². The molecule has 0 heterocycles. The van der Waals surface area contributed by atoms with Gasteiger partial charge >= 0.3 is 11.9 Å². The van der Waals surface area contributed by atoms with E-state index in [-0.39, 0.29) is 12.8 Å². The molecule has 3 amide bonds. The summed E-state index contributed by atoms with van der Waals surface area (Å²) < 4.78 is 0. The van der Waals surface area contributed by atoms with Gasteiger partial charge in [0.1, 0.15) is 18.1 Å². The molecule has 8 N–H and O–H groups in total. The van der Waals surface area contributed by atoms with Crippen LogP contribution in [0.3, 0.4) is 0 Å². The number of carbonyl (C=O) groups excluding carboxylic acids is 3. The van der Waals surface area contributed by atoms with Gasteiger partial charge in [0.05, 0.1) is 12.6 Å². The Bertz CT molecular complexity index is 553. The smallest absolute Gasteiger partial charge is 0.328 e. The maximum Gasteiger partial charge on any atom is 0.328 e. The third-order valence-corrected chi connectivity index (χ3v) is 3.31. The molecule has 0 aliphatic carbocycles. The molecule has 0 fully saturated rings. The molecule has 0 aromatic heterocycles. The van der Waals surface area contributed by atoms with Crippen LogP contribution in [0.25, 0.3) is 0 Å². The molecule has 0 aliphatic rings. The fourth-order valence-corrected chi connectivity index (χ4v) is 1.68. The molecule has 0 rings (SSSR count). The molecule has 148 valence electrons. The highest BCUT2D eigenvalue weighted by atomic mass is 16.4. The molecule has 0 saturated heterocycles. The monoisotopic (exact) mass is 376 g/mol. The molecule has 0 saturated carbocycles. The number of aliphatic carboxylic acids is 2. The van der Waals surface area contributed by atoms with Crippen molar-refractivity contribution >= 4 is 29.7 Å². The Morgan fingerprint density at radius 1 is 0.885 bits per heavy atom. The highest BCUT2D eigenvalue weighted by Gasteiger charge is 2.26. The number of amides is 3. The lowest BCUT2D eigenvalue weighted by atomic mass is 10.1. The number of carboxylic acids is 2. The van der Waals surface area contributed by atoms with Crippen LogP contribution in [0.15, 0.2) is 0 Å². The van der Waals surface area contributed by atoms with E-state index in [1.165, 1.54) is 13.8 Å². The van der Waals surface area contributed by atoms with Crippen LogP contribution < -0.4 is 21.7 Å². The first-order valence-electron chi connectivity index (χ1n) is 7.71. The molecular weight excluding hydrogens is 352 g/mol. The number of aliphatic hydroxyl groups is 1. The summed E-state index contributed by atoms with van der Waals surface area (Å²) in [6, 6.07) is -4.81. The largest absolute Gasteiger partial charge is 0.481 e. The van der Waals surface area contributed by atoms with Crippen molar-refractivity contribution in [3.05, 3.63) is 0 Å². The summed E-state index contributed by atoms with van der Waals surface area (Å²) in [5.41, 5.74) is 5.51. The molecule has 0 aliphatic heterocycles. The fourth-order valence-electron chi connectivity index (χ4n) is 1.68. The third-order valence-electron chi connectivity index (χ3n) is 3.31. The van der Waals surface area contributed by atoms with E-state index >= 15 is 0 Å². The number of hydrogen-bond acceptors (Lipinski definition) is 7. The highest BCUT2D eigenvalue weighted by molar-refractivity contribution is 5.93. The van der Waals surface area contributed by atoms with Gasteiger partial charge in [0.25, 0.3) is 0 Å². The number of aliphatic hydroxyl groups excluding tert-OH is 1. The average molecular weight is 376 g/mol. The van der Waals surface area contributed by atoms with Gasteiger partial charge in [0.2, 0.25) is 17.7 Å². The Morgan fingerprint density at radius 2 is 1.35 bits per heavy atom. The minimum absolute atomic E-state index is 0.105. The van der Waals surface area contributed by atoms with Crippen molar-refractivity contribution in [2.24, 2.45) is 5.73 Å². The van der Waals surface area contributed by atoms with E-state index in [2.05, 4.69) is 10.6 Å². The summed E-state index contributed by atoms with van der Waals surface area (Å²) in [5.74, 6) is -4.84. The summed E-state index contributed by atoms with van der Waals surface area (Å²) in [7, 11) is 0. The second kappa shape index (κ2) is 11.0. The van der Waals surface area contributed by atoms with E-state index in [9.17, 15) is 24.0 Å². The highest BCUT2D eigenvalue weighted by Crippen LogP contribution is 1.96. The number of nitrogens with one attached hydrogen (secondary N) is 3. The molecule has 0 aromatic rings. The minimum Gasteiger partial charge on any atom is -0.481 e. The van der Waals surface area contributed by atoms with Gasteiger partial charge in [-0.25, -0.2) is 4.79 Å². The molecule has 0 aromatic carbocycles. The second-order valence-corrected chi connectivity index (χ2v) is 5.58. The van der Waals surface area contributed by atoms with Gasteiger partial charge in [-0.15, -0.1) is 0 Å². The van der Waals surface area contributed by atoms with E-state index in [0.29, 0.717) is 0 Å². The van der Waals surface area contributed by atoms with E-state index in [1.807, 2.05) is 5.32 Å². The number of nitrogens with two attached hydrogens (primary N) is 1. The quantitative estimate of drug-likeness (QED) is 0.193. The molecule has 4 unspecified atom stereocenters. The van der Waals surface area contributed by atoms with Crippen molar-refractivity contribution in [3.63, 3.8) is 0 Å². The summed E-state index contributed by atoms with van der Waals surface area (Å²) in [5, 5.41) is 32.7. The summed E-state index contributed by atoms with van der Waals surface area (Å²) in [6.45, 7) is 1.80. The fraction of sp³-hybridized carbons (Fsp3) is 0.643. The predicted molar refractivity (Wildman–Crippen MR) is 86.7 cm³/mol. The molecule has 0 bridgehead atoms. The van der Waals surface area contributed by atoms with Crippen molar-refractivity contribution in [2.75, 3.05) is 6.61 Å². The lowest BCUT2D eigenvalue weighted by Crippen LogP contribution is -2.55. The first-order chi connectivity index (χ1) is 12.0. The molecule has 26 heavy (non-hydrogen) atoms. The minimum atomic E-state index is -1.51. The maximum absolute atomic E-state index is 12.0. The lowest BCUT2D eigenvalue weighted by Gasteiger charge is -2.21. The number of carbonyl (C=O) groups is 5. The summed E-state index contributed by atoms with van der Waals surface area (Å²) in [4.78, 5) is 56.7. The molecule has 12 heteroatoms. The van der Waals surface area contributed by atoms with Crippen LogP contribution in [-0.2, 0) is 24.0 Å². The van der Waals surface area contributed by atoms with Crippen LogP contribution in [0.2, 0.25) is 0 Å². The third kappa shape index (κ3) is 8.39. The Kier molecular flexibility index (Phi) is 9.84. The Balaban J connectivity index is 4.51. The van der Waals surface area contributed by atoms with Crippen LogP contribution in [0, 0.1) is 0 Å². The van der Waals surface area contributed by atoms with Gasteiger partial charge in [-0.1, -0.05) is 0 Å². The summed E-state index contributed by atoms with van der Waals surface area (Å²) >= 11 is 0. The predicted octanol–water partition coefficient (Wildman–Crippen LogP) is -3.25. The number of hydrogen-bond donors (Lipinski definition) is 7. The van der Waals surface area contributed by atoms with Crippen molar-refractivity contribution in [1.82, 2.24) is 16.0 Å². The first kappa shape index (κ1) is 23.3. The van der Waals surface area contributed by atoms with Crippen molar-refractivity contribution < 1.29 is 39.3 Å². The number of rotatable bonds is 11. The van der Waals surface area contributed by atoms with E-state index < -0.39 is 60.4 Å². The Morgan fingerprint density at radius 3 is 1.77 bits per heavy atom. The van der Waals surface area contributed by atoms with Gasteiger partial charge in [0, 0.05) is 6.42 Å². The molecule has 0 spiro atoms. The van der Waals surface area contributed by atoms with Crippen LogP contribution in [-0.4, -0.2) is 75.8 Å². The number of carboxylic acid groups (broad SMARTS) is 2. The van der Waals surface area contributed by atoms with Crippen LogP contribution in [0.4, 0.5) is 0 Å². The SMILES string of the molecule is CC(NC(=O)C(N)CCC(=O)O)C(=O)NC(C)C(=O)NC(CO)C(=O)O. The Hall–Kier alpha value is -2.73. The van der Waals surface area contributed by atoms with Crippen molar-refractivity contribution in [1.29, 1.82) is 0 Å². The average Bonchev–Trinajstić information content (AvgIpc) is 2.56. The molecule has 0 radical (unpaired) electrons. The van der Waals surface area contributed by atoms with Crippen molar-refractivity contribution in [2.45, 2.75) is 50.9 Å². The topological polar surface area (TPSA) is 208 Å². The molecule has 12 nitrogen and oxygen atoms in total. The van der Waals surface area contributed by atoms with Gasteiger partial charge < -0.3 is 37.0 Å². The zero-order valence-electron chi connectivity index (χ0n) is 14.4. The molecular formula is C14H24N4O8. The lowest BCUT2D eigenvalue weighted by molar-refractivity contribution is -0.143. The zero-order valence-corrected chi connectivity index (χ0v) is 14.4.